The van der Waals surface area contributed by atoms with Crippen LogP contribution in [0.5, 0.6) is 0 Å². The molecule has 7 nitrogen and oxygen atoms in total. The number of nitrogens with one attached hydrogen (secondary N) is 1. The smallest absolute Gasteiger partial charge is 0.243 e. The molecule has 208 valence electrons. The predicted molar refractivity (Wildman–Crippen MR) is 154 cm³/mol. The van der Waals surface area contributed by atoms with E-state index < -0.39 is 16.1 Å². The zero-order valence-corrected chi connectivity index (χ0v) is 23.9. The molecule has 0 spiro atoms. The van der Waals surface area contributed by atoms with Gasteiger partial charge in [0, 0.05) is 25.6 Å². The Bertz CT molecular complexity index is 1150. The minimum Gasteiger partial charge on any atom is -0.352 e. The van der Waals surface area contributed by atoms with Crippen molar-refractivity contribution in [2.75, 3.05) is 23.7 Å². The van der Waals surface area contributed by atoms with Crippen LogP contribution >= 0.6 is 0 Å². The van der Waals surface area contributed by atoms with Gasteiger partial charge >= 0.3 is 0 Å². The van der Waals surface area contributed by atoms with Crippen molar-refractivity contribution in [2.24, 2.45) is 0 Å². The fourth-order valence-electron chi connectivity index (χ4n) is 5.23. The number of carbonyl (C=O) groups excluding carboxylic acids is 2. The first-order chi connectivity index (χ1) is 18.2. The van der Waals surface area contributed by atoms with Crippen LogP contribution in [0.25, 0.3) is 0 Å². The van der Waals surface area contributed by atoms with E-state index in [0.717, 1.165) is 36.8 Å². The first kappa shape index (κ1) is 29.7. The van der Waals surface area contributed by atoms with Crippen molar-refractivity contribution in [3.8, 4) is 0 Å². The molecule has 2 aromatic carbocycles. The van der Waals surface area contributed by atoms with Gasteiger partial charge in [-0.2, -0.15) is 0 Å². The summed E-state index contributed by atoms with van der Waals surface area (Å²) in [5.74, 6) is -0.206. The lowest BCUT2D eigenvalue weighted by molar-refractivity contribution is -0.141. The zero-order valence-electron chi connectivity index (χ0n) is 23.1. The molecule has 0 aliphatic heterocycles. The summed E-state index contributed by atoms with van der Waals surface area (Å²) in [5.41, 5.74) is 2.67. The number of aryl methyl sites for hydroxylation is 1. The van der Waals surface area contributed by atoms with Crippen molar-refractivity contribution in [2.45, 2.75) is 83.7 Å². The van der Waals surface area contributed by atoms with Gasteiger partial charge < -0.3 is 10.2 Å². The fraction of sp³-hybridized carbons (Fsp3) is 0.533. The summed E-state index contributed by atoms with van der Waals surface area (Å²) in [6, 6.07) is 16.9. The molecule has 1 atom stereocenters. The average molecular weight is 542 g/mol. The van der Waals surface area contributed by atoms with Crippen LogP contribution in [0.1, 0.15) is 69.4 Å². The van der Waals surface area contributed by atoms with E-state index in [-0.39, 0.29) is 30.8 Å². The minimum atomic E-state index is -3.51. The van der Waals surface area contributed by atoms with E-state index in [1.54, 1.807) is 11.0 Å². The topological polar surface area (TPSA) is 86.8 Å². The molecule has 0 radical (unpaired) electrons. The summed E-state index contributed by atoms with van der Waals surface area (Å²) in [4.78, 5) is 28.6. The Labute approximate surface area is 228 Å². The Hall–Kier alpha value is -2.87. The van der Waals surface area contributed by atoms with E-state index in [4.69, 9.17) is 0 Å². The molecule has 0 unspecified atom stereocenters. The molecule has 2 amide bonds. The van der Waals surface area contributed by atoms with Gasteiger partial charge in [-0.3, -0.25) is 13.9 Å². The van der Waals surface area contributed by atoms with E-state index in [1.165, 1.54) is 17.0 Å². The quantitative estimate of drug-likeness (QED) is 0.393. The van der Waals surface area contributed by atoms with E-state index in [0.29, 0.717) is 31.5 Å². The van der Waals surface area contributed by atoms with Gasteiger partial charge in [0.1, 0.15) is 6.04 Å². The van der Waals surface area contributed by atoms with Gasteiger partial charge in [-0.05, 0) is 62.3 Å². The lowest BCUT2D eigenvalue weighted by Gasteiger charge is -2.33. The molecule has 1 aliphatic rings. The number of carbonyl (C=O) groups is 2. The zero-order chi connectivity index (χ0) is 27.5. The summed E-state index contributed by atoms with van der Waals surface area (Å²) in [6.45, 7) is 4.50. The number of hydrogen-bond donors (Lipinski definition) is 1. The molecule has 38 heavy (non-hydrogen) atoms. The van der Waals surface area contributed by atoms with Crippen molar-refractivity contribution in [1.29, 1.82) is 0 Å². The van der Waals surface area contributed by atoms with Crippen molar-refractivity contribution >= 4 is 27.5 Å². The number of sulfonamides is 1. The van der Waals surface area contributed by atoms with Crippen molar-refractivity contribution in [1.82, 2.24) is 10.2 Å². The number of anilines is 1. The summed E-state index contributed by atoms with van der Waals surface area (Å²) in [5, 5.41) is 3.20. The highest BCUT2D eigenvalue weighted by Gasteiger charge is 2.30. The third kappa shape index (κ3) is 8.86. The van der Waals surface area contributed by atoms with Gasteiger partial charge in [-0.15, -0.1) is 0 Å². The van der Waals surface area contributed by atoms with E-state index >= 15 is 0 Å². The highest BCUT2D eigenvalue weighted by Crippen LogP contribution is 2.21. The molecule has 0 aromatic heterocycles. The lowest BCUT2D eigenvalue weighted by atomic mass is 9.95. The second-order valence-corrected chi connectivity index (χ2v) is 12.3. The molecule has 1 fully saturated rings. The molecule has 1 saturated carbocycles. The monoisotopic (exact) mass is 541 g/mol. The van der Waals surface area contributed by atoms with Crippen LogP contribution in [0.2, 0.25) is 0 Å². The van der Waals surface area contributed by atoms with Crippen LogP contribution in [0.15, 0.2) is 54.6 Å². The Morgan fingerprint density at radius 3 is 2.34 bits per heavy atom. The predicted octanol–water partition coefficient (Wildman–Crippen LogP) is 4.84. The molecular weight excluding hydrogens is 498 g/mol. The number of amides is 2. The fourth-order valence-corrected chi connectivity index (χ4v) is 6.18. The molecule has 1 aliphatic carbocycles. The van der Waals surface area contributed by atoms with E-state index in [1.807, 2.05) is 62.4 Å². The van der Waals surface area contributed by atoms with Crippen LogP contribution in [0.4, 0.5) is 5.69 Å². The summed E-state index contributed by atoms with van der Waals surface area (Å²) < 4.78 is 26.4. The van der Waals surface area contributed by atoms with Gasteiger partial charge in [0.05, 0.1) is 11.9 Å². The van der Waals surface area contributed by atoms with E-state index in [9.17, 15) is 18.0 Å². The molecule has 0 heterocycles. The van der Waals surface area contributed by atoms with Crippen LogP contribution < -0.4 is 9.62 Å². The molecular formula is C30H43N3O4S. The number of nitrogens with zero attached hydrogens (tertiary/aromatic N) is 2. The molecule has 2 aromatic rings. The highest BCUT2D eigenvalue weighted by molar-refractivity contribution is 7.92. The molecule has 8 heteroatoms. The maximum Gasteiger partial charge on any atom is 0.243 e. The third-order valence-corrected chi connectivity index (χ3v) is 8.46. The SMILES string of the molecule is CC[C@H](C(=O)NC1CCCCC1)N(CCc1ccccc1)C(=O)CCCN(c1cccc(C)c1)S(C)(=O)=O. The molecule has 3 rings (SSSR count). The summed E-state index contributed by atoms with van der Waals surface area (Å²) in [6.07, 6.45) is 8.32. The molecule has 0 bridgehead atoms. The van der Waals surface area contributed by atoms with Crippen molar-refractivity contribution in [3.63, 3.8) is 0 Å². The third-order valence-electron chi connectivity index (χ3n) is 7.26. The van der Waals surface area contributed by atoms with Crippen molar-refractivity contribution in [3.05, 3.63) is 65.7 Å². The largest absolute Gasteiger partial charge is 0.352 e. The van der Waals surface area contributed by atoms with E-state index in [2.05, 4.69) is 5.32 Å². The standard InChI is InChI=1S/C30H43N3O4S/c1-4-28(30(35)31-26-16-9-6-10-17-26)32(22-20-25-14-7-5-8-15-25)29(34)19-12-21-33(38(3,36)37)27-18-11-13-24(2)23-27/h5,7-8,11,13-15,18,23,26,28H,4,6,9-10,12,16-17,19-22H2,1-3H3,(H,31,35)/t28-/m1/s1. The Morgan fingerprint density at radius 1 is 1.00 bits per heavy atom. The highest BCUT2D eigenvalue weighted by atomic mass is 32.2. The Kier molecular flexibility index (Phi) is 11.2. The lowest BCUT2D eigenvalue weighted by Crippen LogP contribution is -2.52. The number of hydrogen-bond acceptors (Lipinski definition) is 4. The van der Waals surface area contributed by atoms with Crippen LogP contribution in [0, 0.1) is 6.92 Å². The van der Waals surface area contributed by atoms with Gasteiger partial charge in [-0.25, -0.2) is 8.42 Å². The Balaban J connectivity index is 1.71. The summed E-state index contributed by atoms with van der Waals surface area (Å²) in [7, 11) is -3.51. The average Bonchev–Trinajstić information content (AvgIpc) is 2.89. The van der Waals surface area contributed by atoms with Gasteiger partial charge in [0.2, 0.25) is 21.8 Å². The maximum absolute atomic E-state index is 13.6. The normalized spacial score (nSPS) is 15.0. The van der Waals surface area contributed by atoms with Crippen molar-refractivity contribution < 1.29 is 18.0 Å². The minimum absolute atomic E-state index is 0.0849. The first-order valence-electron chi connectivity index (χ1n) is 13.9. The van der Waals surface area contributed by atoms with Gasteiger partial charge in [0.15, 0.2) is 0 Å². The van der Waals surface area contributed by atoms with Crippen LogP contribution in [0.3, 0.4) is 0 Å². The number of benzene rings is 2. The van der Waals surface area contributed by atoms with Gasteiger partial charge in [-0.1, -0.05) is 68.7 Å². The summed E-state index contributed by atoms with van der Waals surface area (Å²) >= 11 is 0. The maximum atomic E-state index is 13.6. The van der Waals surface area contributed by atoms with Crippen LogP contribution in [-0.2, 0) is 26.0 Å². The van der Waals surface area contributed by atoms with Gasteiger partial charge in [0.25, 0.3) is 0 Å². The second kappa shape index (κ2) is 14.3. The molecule has 0 saturated heterocycles. The Morgan fingerprint density at radius 2 is 1.71 bits per heavy atom. The first-order valence-corrected chi connectivity index (χ1v) is 15.7. The molecule has 1 N–H and O–H groups in total. The second-order valence-electron chi connectivity index (χ2n) is 10.4. The number of rotatable bonds is 13. The van der Waals surface area contributed by atoms with Crippen LogP contribution in [-0.4, -0.2) is 56.6 Å².